The maximum atomic E-state index is 10.8. The van der Waals surface area contributed by atoms with Crippen LogP contribution in [0.2, 0.25) is 0 Å². The molecule has 0 atom stereocenters. The second-order valence-corrected chi connectivity index (χ2v) is 4.93. The third kappa shape index (κ3) is 1.88. The highest BCUT2D eigenvalue weighted by molar-refractivity contribution is 5.90. The highest BCUT2D eigenvalue weighted by Crippen LogP contribution is 2.29. The summed E-state index contributed by atoms with van der Waals surface area (Å²) < 4.78 is 7.56. The number of rotatable bonds is 4. The first-order chi connectivity index (χ1) is 8.78. The van der Waals surface area contributed by atoms with Crippen LogP contribution in [0.25, 0.3) is 10.9 Å². The molecule has 0 unspecified atom stereocenters. The van der Waals surface area contributed by atoms with Gasteiger partial charge in [-0.2, -0.15) is 0 Å². The largest absolute Gasteiger partial charge is 0.476 e. The van der Waals surface area contributed by atoms with Crippen molar-refractivity contribution in [3.8, 4) is 5.88 Å². The SMILES string of the molecule is Cn1nc(OCC2CCC2)c2ccc(C=O)cc21. The van der Waals surface area contributed by atoms with Gasteiger partial charge in [0.1, 0.15) is 6.29 Å². The van der Waals surface area contributed by atoms with Crippen molar-refractivity contribution >= 4 is 17.2 Å². The number of fused-ring (bicyclic) bond motifs is 1. The lowest BCUT2D eigenvalue weighted by Crippen LogP contribution is -2.19. The van der Waals surface area contributed by atoms with Gasteiger partial charge < -0.3 is 4.74 Å². The Labute approximate surface area is 106 Å². The van der Waals surface area contributed by atoms with Crippen LogP contribution in [0.3, 0.4) is 0 Å². The number of carbonyl (C=O) groups is 1. The first-order valence-electron chi connectivity index (χ1n) is 6.32. The molecule has 0 aliphatic heterocycles. The quantitative estimate of drug-likeness (QED) is 0.776. The molecule has 0 bridgehead atoms. The van der Waals surface area contributed by atoms with Crippen molar-refractivity contribution in [2.24, 2.45) is 13.0 Å². The number of aromatic nitrogens is 2. The van der Waals surface area contributed by atoms with Crippen molar-refractivity contribution in [1.29, 1.82) is 0 Å². The van der Waals surface area contributed by atoms with Crippen LogP contribution in [0.1, 0.15) is 29.6 Å². The third-order valence-electron chi connectivity index (χ3n) is 3.66. The molecular formula is C14H16N2O2. The van der Waals surface area contributed by atoms with Gasteiger partial charge >= 0.3 is 0 Å². The van der Waals surface area contributed by atoms with Gasteiger partial charge in [0.25, 0.3) is 0 Å². The summed E-state index contributed by atoms with van der Waals surface area (Å²) in [6, 6.07) is 5.54. The van der Waals surface area contributed by atoms with Crippen LogP contribution in [0.5, 0.6) is 5.88 Å². The van der Waals surface area contributed by atoms with E-state index in [1.54, 1.807) is 10.7 Å². The molecule has 1 aromatic heterocycles. The molecule has 1 aliphatic rings. The number of aryl methyl sites for hydroxylation is 1. The summed E-state index contributed by atoms with van der Waals surface area (Å²) in [4.78, 5) is 10.8. The second kappa shape index (κ2) is 4.44. The van der Waals surface area contributed by atoms with Gasteiger partial charge in [-0.05, 0) is 30.9 Å². The Morgan fingerprint density at radius 1 is 1.50 bits per heavy atom. The van der Waals surface area contributed by atoms with Crippen molar-refractivity contribution in [1.82, 2.24) is 9.78 Å². The number of benzene rings is 1. The van der Waals surface area contributed by atoms with Crippen LogP contribution in [0.15, 0.2) is 18.2 Å². The summed E-state index contributed by atoms with van der Waals surface area (Å²) in [6.07, 6.45) is 4.70. The highest BCUT2D eigenvalue weighted by atomic mass is 16.5. The van der Waals surface area contributed by atoms with Gasteiger partial charge in [0, 0.05) is 12.6 Å². The summed E-state index contributed by atoms with van der Waals surface area (Å²) in [5, 5.41) is 5.35. The van der Waals surface area contributed by atoms with Crippen LogP contribution < -0.4 is 4.74 Å². The lowest BCUT2D eigenvalue weighted by molar-refractivity contribution is 0.112. The first-order valence-corrected chi connectivity index (χ1v) is 6.32. The maximum Gasteiger partial charge on any atom is 0.240 e. The molecule has 1 aliphatic carbocycles. The molecular weight excluding hydrogens is 228 g/mol. The molecule has 0 spiro atoms. The topological polar surface area (TPSA) is 44.1 Å². The fraction of sp³-hybridized carbons (Fsp3) is 0.429. The zero-order valence-electron chi connectivity index (χ0n) is 10.4. The van der Waals surface area contributed by atoms with Gasteiger partial charge in [0.05, 0.1) is 17.5 Å². The van der Waals surface area contributed by atoms with Gasteiger partial charge in [0.15, 0.2) is 0 Å². The summed E-state index contributed by atoms with van der Waals surface area (Å²) in [7, 11) is 1.87. The standard InChI is InChI=1S/C14H16N2O2/c1-16-13-7-11(8-17)5-6-12(13)14(15-16)18-9-10-3-2-4-10/h5-8,10H,2-4,9H2,1H3. The Morgan fingerprint density at radius 2 is 2.33 bits per heavy atom. The molecule has 18 heavy (non-hydrogen) atoms. The molecule has 0 N–H and O–H groups in total. The van der Waals surface area contributed by atoms with Crippen molar-refractivity contribution in [3.63, 3.8) is 0 Å². The van der Waals surface area contributed by atoms with E-state index in [-0.39, 0.29) is 0 Å². The molecule has 1 aromatic carbocycles. The lowest BCUT2D eigenvalue weighted by Gasteiger charge is -2.24. The van der Waals surface area contributed by atoms with Crippen molar-refractivity contribution in [2.45, 2.75) is 19.3 Å². The minimum absolute atomic E-state index is 0.663. The molecule has 0 saturated heterocycles. The summed E-state index contributed by atoms with van der Waals surface area (Å²) in [5.41, 5.74) is 1.60. The molecule has 0 radical (unpaired) electrons. The molecule has 94 valence electrons. The molecule has 1 saturated carbocycles. The zero-order valence-corrected chi connectivity index (χ0v) is 10.4. The number of hydrogen-bond donors (Lipinski definition) is 0. The maximum absolute atomic E-state index is 10.8. The molecule has 4 nitrogen and oxygen atoms in total. The summed E-state index contributed by atoms with van der Waals surface area (Å²) >= 11 is 0. The van der Waals surface area contributed by atoms with E-state index in [0.717, 1.165) is 23.8 Å². The molecule has 1 heterocycles. The zero-order chi connectivity index (χ0) is 12.5. The predicted octanol–water partition coefficient (Wildman–Crippen LogP) is 2.56. The Kier molecular flexibility index (Phi) is 2.78. The molecule has 1 fully saturated rings. The summed E-state index contributed by atoms with van der Waals surface area (Å²) in [6.45, 7) is 0.752. The van der Waals surface area contributed by atoms with E-state index in [2.05, 4.69) is 5.10 Å². The lowest BCUT2D eigenvalue weighted by atomic mass is 9.86. The molecule has 4 heteroatoms. The van der Waals surface area contributed by atoms with Crippen LogP contribution >= 0.6 is 0 Å². The highest BCUT2D eigenvalue weighted by Gasteiger charge is 2.19. The van der Waals surface area contributed by atoms with Crippen LogP contribution in [0.4, 0.5) is 0 Å². The van der Waals surface area contributed by atoms with E-state index >= 15 is 0 Å². The number of hydrogen-bond acceptors (Lipinski definition) is 3. The monoisotopic (exact) mass is 244 g/mol. The average Bonchev–Trinajstić information content (AvgIpc) is 2.64. The predicted molar refractivity (Wildman–Crippen MR) is 68.9 cm³/mol. The Bertz CT molecular complexity index is 585. The normalized spacial score (nSPS) is 15.6. The van der Waals surface area contributed by atoms with Gasteiger partial charge in [0.2, 0.25) is 5.88 Å². The van der Waals surface area contributed by atoms with E-state index in [1.165, 1.54) is 19.3 Å². The van der Waals surface area contributed by atoms with Crippen molar-refractivity contribution in [2.75, 3.05) is 6.61 Å². The Balaban J connectivity index is 1.89. The first kappa shape index (κ1) is 11.3. The number of ether oxygens (including phenoxy) is 1. The van der Waals surface area contributed by atoms with Gasteiger partial charge in [-0.15, -0.1) is 5.10 Å². The Morgan fingerprint density at radius 3 is 3.00 bits per heavy atom. The average molecular weight is 244 g/mol. The van der Waals surface area contributed by atoms with Gasteiger partial charge in [-0.3, -0.25) is 9.48 Å². The number of nitrogens with zero attached hydrogens (tertiary/aromatic N) is 2. The number of aldehydes is 1. The summed E-state index contributed by atoms with van der Waals surface area (Å²) in [5.74, 6) is 1.37. The van der Waals surface area contributed by atoms with E-state index < -0.39 is 0 Å². The van der Waals surface area contributed by atoms with Crippen LogP contribution in [0, 0.1) is 5.92 Å². The second-order valence-electron chi connectivity index (χ2n) is 4.93. The fourth-order valence-electron chi connectivity index (χ4n) is 2.28. The molecule has 0 amide bonds. The van der Waals surface area contributed by atoms with Crippen molar-refractivity contribution in [3.05, 3.63) is 23.8 Å². The van der Waals surface area contributed by atoms with Crippen LogP contribution in [-0.4, -0.2) is 22.7 Å². The molecule has 2 aromatic rings. The molecule has 3 rings (SSSR count). The van der Waals surface area contributed by atoms with E-state index in [9.17, 15) is 4.79 Å². The minimum atomic E-state index is 0.663. The van der Waals surface area contributed by atoms with E-state index in [0.29, 0.717) is 17.4 Å². The Hall–Kier alpha value is -1.84. The van der Waals surface area contributed by atoms with Crippen LogP contribution in [-0.2, 0) is 7.05 Å². The van der Waals surface area contributed by atoms with Gasteiger partial charge in [-0.1, -0.05) is 12.5 Å². The fourth-order valence-corrected chi connectivity index (χ4v) is 2.28. The van der Waals surface area contributed by atoms with Crippen molar-refractivity contribution < 1.29 is 9.53 Å². The van der Waals surface area contributed by atoms with Gasteiger partial charge in [-0.25, -0.2) is 0 Å². The smallest absolute Gasteiger partial charge is 0.240 e. The number of carbonyl (C=O) groups excluding carboxylic acids is 1. The van der Waals surface area contributed by atoms with E-state index in [1.807, 2.05) is 19.2 Å². The minimum Gasteiger partial charge on any atom is -0.476 e. The van der Waals surface area contributed by atoms with E-state index in [4.69, 9.17) is 4.74 Å². The third-order valence-corrected chi connectivity index (χ3v) is 3.66.